The van der Waals surface area contributed by atoms with Crippen molar-refractivity contribution >= 4 is 16.4 Å². The molecule has 0 aliphatic heterocycles. The van der Waals surface area contributed by atoms with Crippen molar-refractivity contribution in [2.24, 2.45) is 0 Å². The molecule has 0 saturated heterocycles. The van der Waals surface area contributed by atoms with Crippen molar-refractivity contribution in [3.8, 4) is 0 Å². The molecule has 2 atom stereocenters. The van der Waals surface area contributed by atoms with Gasteiger partial charge in [0.2, 0.25) is 6.29 Å². The topological polar surface area (TPSA) is 111 Å². The number of esters is 1. The molecule has 0 aromatic carbocycles. The first-order valence-corrected chi connectivity index (χ1v) is 13.3. The molecule has 0 aromatic heterocycles. The van der Waals surface area contributed by atoms with E-state index in [0.29, 0.717) is 0 Å². The standard InChI is InChI=1S/C22H45NO7S/c1-4-5-6-7-8-9-10-11-12-13-14-15-16-17-22(25)29-21(3)30-31(26,27)28-19-23-18-20(2)24/h20-21,23-24H,4-19H2,1-3H3. The zero-order valence-corrected chi connectivity index (χ0v) is 20.6. The highest BCUT2D eigenvalue weighted by Crippen LogP contribution is 2.13. The van der Waals surface area contributed by atoms with Gasteiger partial charge in [-0.2, -0.15) is 8.42 Å². The molecule has 0 aromatic rings. The molecule has 8 nitrogen and oxygen atoms in total. The van der Waals surface area contributed by atoms with Gasteiger partial charge in [-0.05, 0) is 20.3 Å². The van der Waals surface area contributed by atoms with Crippen LogP contribution in [0.2, 0.25) is 0 Å². The number of hydrogen-bond acceptors (Lipinski definition) is 8. The van der Waals surface area contributed by atoms with Crippen molar-refractivity contribution in [3.63, 3.8) is 0 Å². The largest absolute Gasteiger partial charge is 0.435 e. The third-order valence-electron chi connectivity index (χ3n) is 4.78. The highest BCUT2D eigenvalue weighted by Gasteiger charge is 2.20. The average Bonchev–Trinajstić information content (AvgIpc) is 2.68. The second kappa shape index (κ2) is 19.9. The molecule has 0 spiro atoms. The van der Waals surface area contributed by atoms with Crippen molar-refractivity contribution in [2.45, 2.75) is 123 Å². The third-order valence-corrected chi connectivity index (χ3v) is 5.69. The van der Waals surface area contributed by atoms with E-state index < -0.39 is 28.8 Å². The van der Waals surface area contributed by atoms with Crippen molar-refractivity contribution in [1.29, 1.82) is 0 Å². The fourth-order valence-corrected chi connectivity index (χ4v) is 3.78. The molecule has 0 heterocycles. The number of aliphatic hydroxyl groups is 1. The highest BCUT2D eigenvalue weighted by molar-refractivity contribution is 7.81. The summed E-state index contributed by atoms with van der Waals surface area (Å²) in [7, 11) is -4.29. The van der Waals surface area contributed by atoms with E-state index in [1.165, 1.54) is 71.1 Å². The number of unbranched alkanes of at least 4 members (excludes halogenated alkanes) is 12. The molecule has 9 heteroatoms. The number of aliphatic hydroxyl groups excluding tert-OH is 1. The van der Waals surface area contributed by atoms with Crippen LogP contribution in [0.15, 0.2) is 0 Å². The molecule has 0 amide bonds. The maximum atomic E-state index is 11.8. The molecule has 2 unspecified atom stereocenters. The van der Waals surface area contributed by atoms with Crippen molar-refractivity contribution in [1.82, 2.24) is 5.32 Å². The number of ether oxygens (including phenoxy) is 1. The summed E-state index contributed by atoms with van der Waals surface area (Å²) in [4.78, 5) is 11.8. The van der Waals surface area contributed by atoms with Crippen LogP contribution in [0.1, 0.15) is 111 Å². The third kappa shape index (κ3) is 22.3. The summed E-state index contributed by atoms with van der Waals surface area (Å²) in [6.07, 6.45) is 14.3. The maximum Gasteiger partial charge on any atom is 0.404 e. The summed E-state index contributed by atoms with van der Waals surface area (Å²) in [5.41, 5.74) is 0. The minimum Gasteiger partial charge on any atom is -0.435 e. The lowest BCUT2D eigenvalue weighted by Crippen LogP contribution is -2.30. The highest BCUT2D eigenvalue weighted by atomic mass is 32.3. The van der Waals surface area contributed by atoms with Crippen LogP contribution in [0, 0.1) is 0 Å². The van der Waals surface area contributed by atoms with Crippen molar-refractivity contribution in [2.75, 3.05) is 13.3 Å². The molecule has 0 saturated carbocycles. The van der Waals surface area contributed by atoms with Crippen LogP contribution in [0.3, 0.4) is 0 Å². The van der Waals surface area contributed by atoms with Crippen LogP contribution in [0.4, 0.5) is 0 Å². The Kier molecular flexibility index (Phi) is 19.4. The first-order valence-electron chi connectivity index (χ1n) is 11.9. The van der Waals surface area contributed by atoms with Gasteiger partial charge in [-0.3, -0.25) is 10.1 Å². The lowest BCUT2D eigenvalue weighted by atomic mass is 10.0. The summed E-state index contributed by atoms with van der Waals surface area (Å²) >= 11 is 0. The van der Waals surface area contributed by atoms with Gasteiger partial charge in [0.15, 0.2) is 0 Å². The first-order chi connectivity index (χ1) is 14.8. The molecular formula is C22H45NO7S. The fraction of sp³-hybridized carbons (Fsp3) is 0.955. The summed E-state index contributed by atoms with van der Waals surface area (Å²) in [6.45, 7) is 4.96. The van der Waals surface area contributed by atoms with E-state index in [9.17, 15) is 13.2 Å². The fourth-order valence-electron chi connectivity index (χ4n) is 3.13. The van der Waals surface area contributed by atoms with Gasteiger partial charge in [0.25, 0.3) is 0 Å². The minimum absolute atomic E-state index is 0.180. The second-order valence-corrected chi connectivity index (χ2v) is 9.36. The predicted octanol–water partition coefficient (Wildman–Crippen LogP) is 4.56. The number of carbonyl (C=O) groups excluding carboxylic acids is 1. The van der Waals surface area contributed by atoms with Crippen LogP contribution in [0.25, 0.3) is 0 Å². The Hall–Kier alpha value is -0.740. The summed E-state index contributed by atoms with van der Waals surface area (Å²) < 4.78 is 37.4. The zero-order chi connectivity index (χ0) is 23.4. The van der Waals surface area contributed by atoms with Crippen LogP contribution < -0.4 is 5.32 Å². The van der Waals surface area contributed by atoms with Gasteiger partial charge < -0.3 is 9.84 Å². The lowest BCUT2D eigenvalue weighted by Gasteiger charge is -2.14. The normalized spacial score (nSPS) is 13.8. The van der Waals surface area contributed by atoms with Gasteiger partial charge in [0, 0.05) is 13.0 Å². The Morgan fingerprint density at radius 2 is 1.35 bits per heavy atom. The zero-order valence-electron chi connectivity index (χ0n) is 19.8. The van der Waals surface area contributed by atoms with Gasteiger partial charge in [-0.25, -0.2) is 8.37 Å². The molecule has 2 N–H and O–H groups in total. The quantitative estimate of drug-likeness (QED) is 0.135. The van der Waals surface area contributed by atoms with E-state index in [-0.39, 0.29) is 19.7 Å². The number of carbonyl (C=O) groups is 1. The van der Waals surface area contributed by atoms with Crippen molar-refractivity contribution in [3.05, 3.63) is 0 Å². The van der Waals surface area contributed by atoms with E-state index in [4.69, 9.17) is 9.84 Å². The van der Waals surface area contributed by atoms with Gasteiger partial charge in [0.1, 0.15) is 6.73 Å². The van der Waals surface area contributed by atoms with Gasteiger partial charge in [0.05, 0.1) is 6.10 Å². The Morgan fingerprint density at radius 3 is 1.84 bits per heavy atom. The van der Waals surface area contributed by atoms with Crippen LogP contribution in [-0.4, -0.2) is 45.2 Å². The van der Waals surface area contributed by atoms with Gasteiger partial charge in [-0.15, -0.1) is 0 Å². The number of rotatable bonds is 22. The maximum absolute atomic E-state index is 11.8. The van der Waals surface area contributed by atoms with E-state index in [1.807, 2.05) is 0 Å². The molecule has 0 radical (unpaired) electrons. The minimum atomic E-state index is -4.29. The van der Waals surface area contributed by atoms with Gasteiger partial charge >= 0.3 is 16.4 Å². The monoisotopic (exact) mass is 467 g/mol. The summed E-state index contributed by atoms with van der Waals surface area (Å²) in [5, 5.41) is 11.6. The van der Waals surface area contributed by atoms with E-state index >= 15 is 0 Å². The molecule has 0 bridgehead atoms. The molecular weight excluding hydrogens is 422 g/mol. The molecule has 0 rings (SSSR count). The Labute approximate surface area is 189 Å². The van der Waals surface area contributed by atoms with Crippen LogP contribution in [0.5, 0.6) is 0 Å². The van der Waals surface area contributed by atoms with Gasteiger partial charge in [-0.1, -0.05) is 84.0 Å². The van der Waals surface area contributed by atoms with Crippen LogP contribution in [-0.2, 0) is 28.3 Å². The van der Waals surface area contributed by atoms with E-state index in [0.717, 1.165) is 19.3 Å². The van der Waals surface area contributed by atoms with E-state index in [2.05, 4.69) is 20.6 Å². The Balaban J connectivity index is 3.59. The molecule has 0 aliphatic rings. The number of nitrogens with one attached hydrogen (secondary N) is 1. The predicted molar refractivity (Wildman–Crippen MR) is 122 cm³/mol. The molecule has 186 valence electrons. The Bertz CT molecular complexity index is 526. The molecule has 0 fully saturated rings. The molecule has 0 aliphatic carbocycles. The lowest BCUT2D eigenvalue weighted by molar-refractivity contribution is -0.161. The second-order valence-electron chi connectivity index (χ2n) is 8.12. The van der Waals surface area contributed by atoms with Crippen molar-refractivity contribution < 1.29 is 31.4 Å². The first kappa shape index (κ1) is 30.3. The average molecular weight is 468 g/mol. The molecule has 31 heavy (non-hydrogen) atoms. The number of hydrogen-bond donors (Lipinski definition) is 2. The van der Waals surface area contributed by atoms with Crippen LogP contribution >= 0.6 is 0 Å². The van der Waals surface area contributed by atoms with E-state index in [1.54, 1.807) is 6.92 Å². The smallest absolute Gasteiger partial charge is 0.404 e. The summed E-state index contributed by atoms with van der Waals surface area (Å²) in [5.74, 6) is -0.488. The SMILES string of the molecule is CCCCCCCCCCCCCCCC(=O)OC(C)OS(=O)(=O)OCNCC(C)O. The summed E-state index contributed by atoms with van der Waals surface area (Å²) in [6, 6.07) is 0. The Morgan fingerprint density at radius 1 is 0.871 bits per heavy atom.